The summed E-state index contributed by atoms with van der Waals surface area (Å²) in [4.78, 5) is 0. The van der Waals surface area contributed by atoms with E-state index in [-0.39, 0.29) is 0 Å². The molecule has 3 heterocycles. The van der Waals surface area contributed by atoms with Crippen LogP contribution in [0.3, 0.4) is 0 Å². The van der Waals surface area contributed by atoms with E-state index in [4.69, 9.17) is 0 Å². The van der Waals surface area contributed by atoms with Crippen molar-refractivity contribution in [3.63, 3.8) is 0 Å². The minimum Gasteiger partial charge on any atom is -0.309 e. The Morgan fingerprint density at radius 3 is 1.84 bits per heavy atom. The molecule has 0 bridgehead atoms. The van der Waals surface area contributed by atoms with Gasteiger partial charge in [0, 0.05) is 52.8 Å². The molecule has 8 aromatic carbocycles. The molecule has 228 valence electrons. The number of hydrogen-bond acceptors (Lipinski definition) is 1. The molecule has 0 saturated carbocycles. The van der Waals surface area contributed by atoms with Crippen molar-refractivity contribution in [2.75, 3.05) is 0 Å². The molecule has 0 amide bonds. The maximum Gasteiger partial charge on any atom is 0.0619 e. The summed E-state index contributed by atoms with van der Waals surface area (Å²) < 4.78 is 7.54. The van der Waals surface area contributed by atoms with E-state index in [9.17, 15) is 0 Å². The molecule has 0 aliphatic heterocycles. The second-order valence-corrected chi connectivity index (χ2v) is 14.0. The van der Waals surface area contributed by atoms with Crippen LogP contribution in [0.2, 0.25) is 0 Å². The van der Waals surface area contributed by atoms with E-state index in [0.29, 0.717) is 0 Å². The Morgan fingerprint density at radius 1 is 0.367 bits per heavy atom. The van der Waals surface area contributed by atoms with Gasteiger partial charge in [0.15, 0.2) is 0 Å². The molecule has 0 N–H and O–H groups in total. The van der Waals surface area contributed by atoms with Crippen molar-refractivity contribution in [3.8, 4) is 22.5 Å². The summed E-state index contributed by atoms with van der Waals surface area (Å²) in [5, 5.41) is 10.2. The molecule has 3 aromatic heterocycles. The summed E-state index contributed by atoms with van der Waals surface area (Å²) in [6, 6.07) is 62.4. The normalized spacial score (nSPS) is 12.1. The first-order valence-corrected chi connectivity index (χ1v) is 17.6. The van der Waals surface area contributed by atoms with Crippen molar-refractivity contribution in [1.29, 1.82) is 0 Å². The van der Waals surface area contributed by atoms with Crippen LogP contribution >= 0.6 is 11.3 Å². The summed E-state index contributed by atoms with van der Waals surface area (Å²) in [6.07, 6.45) is 0. The lowest BCUT2D eigenvalue weighted by Gasteiger charge is -2.11. The summed E-state index contributed by atoms with van der Waals surface area (Å²) in [5.74, 6) is 0. The zero-order valence-corrected chi connectivity index (χ0v) is 27.3. The van der Waals surface area contributed by atoms with Crippen molar-refractivity contribution >= 4 is 85.9 Å². The Balaban J connectivity index is 1.16. The first kappa shape index (κ1) is 26.9. The van der Waals surface area contributed by atoms with E-state index in [1.54, 1.807) is 0 Å². The van der Waals surface area contributed by atoms with Crippen LogP contribution in [0, 0.1) is 0 Å². The first-order valence-electron chi connectivity index (χ1n) is 16.8. The highest BCUT2D eigenvalue weighted by Gasteiger charge is 2.19. The van der Waals surface area contributed by atoms with Gasteiger partial charge in [0.25, 0.3) is 0 Å². The van der Waals surface area contributed by atoms with Crippen molar-refractivity contribution in [2.24, 2.45) is 0 Å². The fourth-order valence-electron chi connectivity index (χ4n) is 8.16. The topological polar surface area (TPSA) is 9.86 Å². The predicted molar refractivity (Wildman–Crippen MR) is 211 cm³/mol. The Bertz CT molecular complexity index is 3100. The third kappa shape index (κ3) is 3.82. The third-order valence-electron chi connectivity index (χ3n) is 10.3. The summed E-state index contributed by atoms with van der Waals surface area (Å²) in [6.45, 7) is 0. The van der Waals surface area contributed by atoms with Gasteiger partial charge in [0.1, 0.15) is 0 Å². The van der Waals surface area contributed by atoms with E-state index in [2.05, 4.69) is 179 Å². The van der Waals surface area contributed by atoms with Crippen LogP contribution < -0.4 is 0 Å². The van der Waals surface area contributed by atoms with Gasteiger partial charge in [-0.15, -0.1) is 11.3 Å². The van der Waals surface area contributed by atoms with Crippen LogP contribution in [-0.4, -0.2) is 9.13 Å². The number of nitrogens with zero attached hydrogens (tertiary/aromatic N) is 2. The zero-order chi connectivity index (χ0) is 32.1. The summed E-state index contributed by atoms with van der Waals surface area (Å²) in [5.41, 5.74) is 9.77. The van der Waals surface area contributed by atoms with Gasteiger partial charge in [-0.1, -0.05) is 109 Å². The molecule has 2 nitrogen and oxygen atoms in total. The molecule has 0 unspecified atom stereocenters. The van der Waals surface area contributed by atoms with Gasteiger partial charge in [-0.2, -0.15) is 0 Å². The fraction of sp³-hybridized carbons (Fsp3) is 0. The Morgan fingerprint density at radius 2 is 1.00 bits per heavy atom. The van der Waals surface area contributed by atoms with Crippen molar-refractivity contribution in [3.05, 3.63) is 170 Å². The van der Waals surface area contributed by atoms with Crippen LogP contribution in [0.4, 0.5) is 0 Å². The van der Waals surface area contributed by atoms with Crippen LogP contribution in [0.1, 0.15) is 0 Å². The molecular formula is C46H28N2S. The number of para-hydroxylation sites is 2. The molecule has 0 spiro atoms. The molecule has 3 heteroatoms. The third-order valence-corrected chi connectivity index (χ3v) is 11.4. The maximum atomic E-state index is 2.47. The van der Waals surface area contributed by atoms with Crippen molar-refractivity contribution < 1.29 is 0 Å². The highest BCUT2D eigenvalue weighted by Crippen LogP contribution is 2.43. The second kappa shape index (κ2) is 10.2. The van der Waals surface area contributed by atoms with Crippen molar-refractivity contribution in [2.45, 2.75) is 0 Å². The molecular weight excluding hydrogens is 613 g/mol. The van der Waals surface area contributed by atoms with Gasteiger partial charge in [0.05, 0.1) is 27.8 Å². The summed E-state index contributed by atoms with van der Waals surface area (Å²) >= 11 is 1.87. The van der Waals surface area contributed by atoms with Gasteiger partial charge >= 0.3 is 0 Å². The van der Waals surface area contributed by atoms with E-state index in [1.165, 1.54) is 97.1 Å². The molecule has 0 fully saturated rings. The largest absolute Gasteiger partial charge is 0.309 e. The number of rotatable bonds is 3. The average molecular weight is 641 g/mol. The number of aromatic nitrogens is 2. The monoisotopic (exact) mass is 640 g/mol. The predicted octanol–water partition coefficient (Wildman–Crippen LogP) is 13.1. The number of thiophene rings is 1. The van der Waals surface area contributed by atoms with E-state index in [1.807, 2.05) is 11.3 Å². The number of hydrogen-bond donors (Lipinski definition) is 0. The second-order valence-electron chi connectivity index (χ2n) is 12.9. The summed E-state index contributed by atoms with van der Waals surface area (Å²) in [7, 11) is 0. The molecule has 0 atom stereocenters. The standard InChI is InChI=1S/C46H28N2S/c1-2-12-32(13-3-1)47-40-25-22-31(28-38(40)35-24-21-29-11-4-5-14-33(29)46(35)47)30-23-26-41-37(27-30)34-15-6-8-17-39(34)48(41)42-18-10-20-44-45(42)36-16-7-9-19-43(36)49-44/h1-28H. The number of fused-ring (bicyclic) bond motifs is 11. The van der Waals surface area contributed by atoms with Gasteiger partial charge in [-0.3, -0.25) is 0 Å². The Kier molecular flexibility index (Phi) is 5.57. The van der Waals surface area contributed by atoms with Gasteiger partial charge in [0.2, 0.25) is 0 Å². The number of benzene rings is 8. The molecule has 0 aliphatic carbocycles. The smallest absolute Gasteiger partial charge is 0.0619 e. The van der Waals surface area contributed by atoms with Gasteiger partial charge in [-0.25, -0.2) is 0 Å². The molecule has 0 radical (unpaired) electrons. The van der Waals surface area contributed by atoms with E-state index in [0.717, 1.165) is 0 Å². The van der Waals surface area contributed by atoms with E-state index >= 15 is 0 Å². The average Bonchev–Trinajstić information content (AvgIpc) is 3.82. The van der Waals surface area contributed by atoms with Crippen LogP contribution in [-0.2, 0) is 0 Å². The minimum absolute atomic E-state index is 1.18. The SMILES string of the molecule is c1ccc(-n2c3ccc(-c4ccc5c(c4)c4ccccc4n5-c4cccc5sc6ccccc6c45)cc3c3ccc4ccccc4c32)cc1. The lowest BCUT2D eigenvalue weighted by molar-refractivity contribution is 1.19. The zero-order valence-electron chi connectivity index (χ0n) is 26.5. The fourth-order valence-corrected chi connectivity index (χ4v) is 9.29. The molecule has 49 heavy (non-hydrogen) atoms. The van der Waals surface area contributed by atoms with Crippen LogP contribution in [0.5, 0.6) is 0 Å². The maximum absolute atomic E-state index is 2.47. The highest BCUT2D eigenvalue weighted by atomic mass is 32.1. The van der Waals surface area contributed by atoms with Crippen LogP contribution in [0.15, 0.2) is 170 Å². The first-order chi connectivity index (χ1) is 24.3. The Labute approximate surface area is 286 Å². The highest BCUT2D eigenvalue weighted by molar-refractivity contribution is 7.25. The lowest BCUT2D eigenvalue weighted by Crippen LogP contribution is -1.94. The lowest BCUT2D eigenvalue weighted by atomic mass is 10.00. The Hall–Kier alpha value is -6.16. The quantitative estimate of drug-likeness (QED) is 0.182. The molecule has 11 aromatic rings. The van der Waals surface area contributed by atoms with Crippen LogP contribution in [0.25, 0.3) is 97.1 Å². The van der Waals surface area contributed by atoms with Gasteiger partial charge in [-0.05, 0) is 77.2 Å². The van der Waals surface area contributed by atoms with Gasteiger partial charge < -0.3 is 9.13 Å². The minimum atomic E-state index is 1.18. The van der Waals surface area contributed by atoms with E-state index < -0.39 is 0 Å². The van der Waals surface area contributed by atoms with Crippen molar-refractivity contribution in [1.82, 2.24) is 9.13 Å². The molecule has 0 aliphatic rings. The molecule has 11 rings (SSSR count). The molecule has 0 saturated heterocycles.